The molecule has 8 heteroatoms. The Morgan fingerprint density at radius 2 is 1.97 bits per heavy atom. The van der Waals surface area contributed by atoms with Crippen LogP contribution in [0.3, 0.4) is 0 Å². The normalized spacial score (nSPS) is 32.8. The van der Waals surface area contributed by atoms with Crippen molar-refractivity contribution < 1.29 is 19.8 Å². The van der Waals surface area contributed by atoms with Gasteiger partial charge in [-0.1, -0.05) is 13.8 Å². The summed E-state index contributed by atoms with van der Waals surface area (Å²) < 4.78 is 0. The standard InChI is InChI=1S/C22H35N3O4S/c1-6-25(7-2)18(29)10-14-19-15(30-20(24-19)23-13(3)27)11-16-21(14,4)9-8-17(28)22(16,5)12-26/h14,16-17,26,28H,6-12H2,1-5H3,(H,23,24,27). The number of thiazole rings is 1. The van der Waals surface area contributed by atoms with Crippen LogP contribution >= 0.6 is 11.3 Å². The maximum absolute atomic E-state index is 13.1. The van der Waals surface area contributed by atoms with Gasteiger partial charge in [0.1, 0.15) is 0 Å². The first-order valence-electron chi connectivity index (χ1n) is 10.9. The summed E-state index contributed by atoms with van der Waals surface area (Å²) in [5.74, 6) is -0.164. The minimum atomic E-state index is -0.640. The fourth-order valence-corrected chi connectivity index (χ4v) is 6.84. The molecule has 2 aliphatic rings. The van der Waals surface area contributed by atoms with E-state index < -0.39 is 11.5 Å². The summed E-state index contributed by atoms with van der Waals surface area (Å²) in [5, 5.41) is 24.4. The zero-order valence-electron chi connectivity index (χ0n) is 18.7. The number of hydrogen-bond donors (Lipinski definition) is 3. The highest BCUT2D eigenvalue weighted by Crippen LogP contribution is 2.62. The van der Waals surface area contributed by atoms with Gasteiger partial charge in [-0.3, -0.25) is 9.59 Å². The van der Waals surface area contributed by atoms with Crippen LogP contribution in [0.4, 0.5) is 5.13 Å². The van der Waals surface area contributed by atoms with Crippen molar-refractivity contribution >= 4 is 28.3 Å². The van der Waals surface area contributed by atoms with E-state index in [4.69, 9.17) is 4.98 Å². The fourth-order valence-electron chi connectivity index (χ4n) is 5.73. The Labute approximate surface area is 182 Å². The monoisotopic (exact) mass is 437 g/mol. The zero-order valence-corrected chi connectivity index (χ0v) is 19.5. The third-order valence-electron chi connectivity index (χ3n) is 7.67. The molecule has 1 aromatic rings. The van der Waals surface area contributed by atoms with E-state index >= 15 is 0 Å². The van der Waals surface area contributed by atoms with E-state index in [9.17, 15) is 19.8 Å². The Morgan fingerprint density at radius 1 is 1.30 bits per heavy atom. The lowest BCUT2D eigenvalue weighted by molar-refractivity contribution is -0.147. The third-order valence-corrected chi connectivity index (χ3v) is 8.68. The van der Waals surface area contributed by atoms with Crippen molar-refractivity contribution in [2.24, 2.45) is 16.7 Å². The molecule has 0 radical (unpaired) electrons. The van der Waals surface area contributed by atoms with Crippen LogP contribution in [0.1, 0.15) is 70.4 Å². The highest BCUT2D eigenvalue weighted by atomic mass is 32.1. The second-order valence-corrected chi connectivity index (χ2v) is 10.4. The van der Waals surface area contributed by atoms with E-state index in [2.05, 4.69) is 12.2 Å². The number of anilines is 1. The van der Waals surface area contributed by atoms with Crippen molar-refractivity contribution in [2.45, 2.75) is 72.3 Å². The molecule has 2 amide bonds. The molecular formula is C22H35N3O4S. The van der Waals surface area contributed by atoms with Crippen LogP contribution in [0.15, 0.2) is 0 Å². The smallest absolute Gasteiger partial charge is 0.223 e. The molecule has 7 nitrogen and oxygen atoms in total. The average Bonchev–Trinajstić information content (AvgIpc) is 3.09. The van der Waals surface area contributed by atoms with Crippen molar-refractivity contribution in [2.75, 3.05) is 25.0 Å². The molecular weight excluding hydrogens is 402 g/mol. The summed E-state index contributed by atoms with van der Waals surface area (Å²) in [6.07, 6.45) is 1.83. The van der Waals surface area contributed by atoms with Crippen molar-refractivity contribution in [3.63, 3.8) is 0 Å². The van der Waals surface area contributed by atoms with Crippen LogP contribution in [-0.2, 0) is 16.0 Å². The zero-order chi connectivity index (χ0) is 22.3. The lowest BCUT2D eigenvalue weighted by atomic mass is 9.47. The maximum atomic E-state index is 13.1. The fraction of sp³-hybridized carbons (Fsp3) is 0.773. The van der Waals surface area contributed by atoms with Crippen LogP contribution in [0, 0.1) is 16.7 Å². The minimum absolute atomic E-state index is 0.0198. The number of amides is 2. The predicted molar refractivity (Wildman–Crippen MR) is 117 cm³/mol. The molecule has 5 unspecified atom stereocenters. The van der Waals surface area contributed by atoms with Crippen molar-refractivity contribution in [1.29, 1.82) is 0 Å². The van der Waals surface area contributed by atoms with Crippen molar-refractivity contribution in [1.82, 2.24) is 9.88 Å². The van der Waals surface area contributed by atoms with E-state index in [1.54, 1.807) is 0 Å². The van der Waals surface area contributed by atoms with Crippen LogP contribution in [0.5, 0.6) is 0 Å². The summed E-state index contributed by atoms with van der Waals surface area (Å²) in [7, 11) is 0. The van der Waals surface area contributed by atoms with Gasteiger partial charge in [0.25, 0.3) is 0 Å². The molecule has 1 heterocycles. The van der Waals surface area contributed by atoms with Gasteiger partial charge in [-0.25, -0.2) is 4.98 Å². The molecule has 168 valence electrons. The number of carbonyl (C=O) groups excluding carboxylic acids is 2. The van der Waals surface area contributed by atoms with E-state index in [0.29, 0.717) is 37.5 Å². The topological polar surface area (TPSA) is 103 Å². The molecule has 5 atom stereocenters. The first-order chi connectivity index (χ1) is 14.1. The van der Waals surface area contributed by atoms with Crippen LogP contribution in [0.2, 0.25) is 0 Å². The van der Waals surface area contributed by atoms with Gasteiger partial charge in [0.05, 0.1) is 18.4 Å². The molecule has 30 heavy (non-hydrogen) atoms. The summed E-state index contributed by atoms with van der Waals surface area (Å²) in [5.41, 5.74) is -0.00680. The molecule has 0 bridgehead atoms. The number of carbonyl (C=O) groups is 2. The molecule has 0 spiro atoms. The number of aliphatic hydroxyl groups is 2. The van der Waals surface area contributed by atoms with Crippen LogP contribution in [0.25, 0.3) is 0 Å². The largest absolute Gasteiger partial charge is 0.396 e. The quantitative estimate of drug-likeness (QED) is 0.635. The second kappa shape index (κ2) is 8.55. The van der Waals surface area contributed by atoms with Gasteiger partial charge < -0.3 is 20.4 Å². The Hall–Kier alpha value is -1.51. The van der Waals surface area contributed by atoms with E-state index in [-0.39, 0.29) is 35.7 Å². The van der Waals surface area contributed by atoms with E-state index in [1.165, 1.54) is 18.3 Å². The third kappa shape index (κ3) is 3.78. The van der Waals surface area contributed by atoms with Crippen molar-refractivity contribution in [3.8, 4) is 0 Å². The van der Waals surface area contributed by atoms with Crippen molar-refractivity contribution in [3.05, 3.63) is 10.6 Å². The summed E-state index contributed by atoms with van der Waals surface area (Å²) in [4.78, 5) is 32.3. The average molecular weight is 438 g/mol. The lowest BCUT2D eigenvalue weighted by Gasteiger charge is -2.58. The van der Waals surface area contributed by atoms with Gasteiger partial charge in [-0.15, -0.1) is 11.3 Å². The molecule has 3 N–H and O–H groups in total. The first kappa shape index (κ1) is 23.2. The predicted octanol–water partition coefficient (Wildman–Crippen LogP) is 2.78. The van der Waals surface area contributed by atoms with Crippen LogP contribution < -0.4 is 5.32 Å². The maximum Gasteiger partial charge on any atom is 0.223 e. The number of aliphatic hydroxyl groups excluding tert-OH is 2. The minimum Gasteiger partial charge on any atom is -0.396 e. The van der Waals surface area contributed by atoms with Gasteiger partial charge in [-0.2, -0.15) is 0 Å². The van der Waals surface area contributed by atoms with Gasteiger partial charge >= 0.3 is 0 Å². The highest BCUT2D eigenvalue weighted by Gasteiger charge is 2.59. The number of rotatable bonds is 6. The Morgan fingerprint density at radius 3 is 2.53 bits per heavy atom. The van der Waals surface area contributed by atoms with E-state index in [1.807, 2.05) is 25.7 Å². The Balaban J connectivity index is 2.08. The first-order valence-corrected chi connectivity index (χ1v) is 11.8. The summed E-state index contributed by atoms with van der Waals surface area (Å²) in [6.45, 7) is 10.8. The molecule has 0 saturated heterocycles. The highest BCUT2D eigenvalue weighted by molar-refractivity contribution is 7.15. The summed E-state index contributed by atoms with van der Waals surface area (Å²) in [6, 6.07) is 0. The summed E-state index contributed by atoms with van der Waals surface area (Å²) >= 11 is 1.45. The van der Waals surface area contributed by atoms with Gasteiger partial charge in [-0.05, 0) is 44.4 Å². The van der Waals surface area contributed by atoms with Gasteiger partial charge in [0.15, 0.2) is 5.13 Å². The molecule has 1 saturated carbocycles. The van der Waals surface area contributed by atoms with Crippen LogP contribution in [-0.4, -0.2) is 57.7 Å². The number of fused-ring (bicyclic) bond motifs is 2. The van der Waals surface area contributed by atoms with Gasteiger partial charge in [0, 0.05) is 42.6 Å². The van der Waals surface area contributed by atoms with Gasteiger partial charge in [0.2, 0.25) is 11.8 Å². The molecule has 3 rings (SSSR count). The molecule has 1 aromatic heterocycles. The number of aromatic nitrogens is 1. The molecule has 0 aromatic carbocycles. The number of nitrogens with zero attached hydrogens (tertiary/aromatic N) is 2. The number of nitrogens with one attached hydrogen (secondary N) is 1. The lowest BCUT2D eigenvalue weighted by Crippen LogP contribution is -2.57. The Kier molecular flexibility index (Phi) is 6.60. The second-order valence-electron chi connectivity index (χ2n) is 9.31. The molecule has 1 fully saturated rings. The Bertz CT molecular complexity index is 808. The number of hydrogen-bond acceptors (Lipinski definition) is 6. The molecule has 2 aliphatic carbocycles. The van der Waals surface area contributed by atoms with E-state index in [0.717, 1.165) is 17.0 Å². The molecule has 0 aliphatic heterocycles. The SMILES string of the molecule is CCN(CC)C(=O)CC1c2nc(NC(C)=O)sc2CC2C(C)(CO)C(O)CCC12C.